The summed E-state index contributed by atoms with van der Waals surface area (Å²) in [7, 11) is 0. The first kappa shape index (κ1) is 14.7. The Morgan fingerprint density at radius 1 is 1.33 bits per heavy atom. The van der Waals surface area contributed by atoms with Crippen LogP contribution in [-0.4, -0.2) is 28.4 Å². The highest BCUT2D eigenvalue weighted by Crippen LogP contribution is 2.08. The Bertz CT molecular complexity index is 223. The summed E-state index contributed by atoms with van der Waals surface area (Å²) in [5, 5.41) is 2.70. The molecule has 0 fully saturated rings. The molecule has 4 nitrogen and oxygen atoms in total. The lowest BCUT2D eigenvalue weighted by molar-refractivity contribution is -0.155. The van der Waals surface area contributed by atoms with E-state index in [1.165, 1.54) is 0 Å². The fourth-order valence-corrected chi connectivity index (χ4v) is 1.17. The van der Waals surface area contributed by atoms with Crippen LogP contribution in [-0.2, 0) is 14.3 Å². The molecule has 0 aliphatic rings. The fraction of sp³-hybridized carbons (Fsp3) is 0.800. The fourth-order valence-electron chi connectivity index (χ4n) is 0.900. The molecule has 1 N–H and O–H groups in total. The zero-order valence-corrected chi connectivity index (χ0v) is 11.6. The number of esters is 1. The second-order valence-corrected chi connectivity index (χ2v) is 4.94. The number of ether oxygens (including phenoxy) is 1. The van der Waals surface area contributed by atoms with Crippen LogP contribution in [0, 0.1) is 0 Å². The zero-order valence-electron chi connectivity index (χ0n) is 9.43. The summed E-state index contributed by atoms with van der Waals surface area (Å²) in [6.45, 7) is 6.04. The van der Waals surface area contributed by atoms with Crippen LogP contribution in [0.3, 0.4) is 0 Å². The Morgan fingerprint density at radius 3 is 2.40 bits per heavy atom. The van der Waals surface area contributed by atoms with Gasteiger partial charge in [-0.05, 0) is 27.2 Å². The second-order valence-electron chi connectivity index (χ2n) is 4.17. The summed E-state index contributed by atoms with van der Waals surface area (Å²) < 4.78 is 5.57. The third-order valence-corrected chi connectivity index (χ3v) is 2.11. The smallest absolute Gasteiger partial charge is 0.306 e. The molecule has 0 bridgehead atoms. The lowest BCUT2D eigenvalue weighted by Gasteiger charge is -2.19. The minimum atomic E-state index is -0.428. The van der Waals surface area contributed by atoms with E-state index in [-0.39, 0.29) is 11.9 Å². The largest absolute Gasteiger partial charge is 0.460 e. The number of carbonyl (C=O) groups excluding carboxylic acids is 2. The van der Waals surface area contributed by atoms with Crippen LogP contribution in [0.4, 0.5) is 0 Å². The third-order valence-electron chi connectivity index (χ3n) is 1.42. The Hall–Kier alpha value is -0.330. The normalized spacial score (nSPS) is 10.9. The van der Waals surface area contributed by atoms with Gasteiger partial charge in [0.1, 0.15) is 5.60 Å². The van der Waals surface area contributed by atoms with Gasteiger partial charge in [-0.25, -0.2) is 0 Å². The van der Waals surface area contributed by atoms with E-state index in [0.29, 0.717) is 23.8 Å². The van der Waals surface area contributed by atoms with Crippen LogP contribution in [0.2, 0.25) is 0 Å². The SMILES string of the molecule is CC(C)(C)OC(=O)CCCNC(=O)CI. The lowest BCUT2D eigenvalue weighted by Crippen LogP contribution is -2.27. The van der Waals surface area contributed by atoms with Crippen molar-refractivity contribution in [3.63, 3.8) is 0 Å². The number of carbonyl (C=O) groups is 2. The molecule has 0 aliphatic heterocycles. The van der Waals surface area contributed by atoms with Crippen molar-refractivity contribution in [2.24, 2.45) is 0 Å². The second kappa shape index (κ2) is 7.03. The first-order valence-electron chi connectivity index (χ1n) is 4.89. The highest BCUT2D eigenvalue weighted by Gasteiger charge is 2.15. The standard InChI is InChI=1S/C10H18INO3/c1-10(2,3)15-9(14)5-4-6-12-8(13)7-11/h4-7H2,1-3H3,(H,12,13). The van der Waals surface area contributed by atoms with Crippen molar-refractivity contribution in [2.75, 3.05) is 11.0 Å². The van der Waals surface area contributed by atoms with E-state index in [4.69, 9.17) is 4.74 Å². The van der Waals surface area contributed by atoms with Crippen molar-refractivity contribution >= 4 is 34.5 Å². The van der Waals surface area contributed by atoms with Crippen molar-refractivity contribution in [2.45, 2.75) is 39.2 Å². The van der Waals surface area contributed by atoms with Gasteiger partial charge >= 0.3 is 5.97 Å². The van der Waals surface area contributed by atoms with Crippen LogP contribution in [0.25, 0.3) is 0 Å². The maximum absolute atomic E-state index is 11.2. The van der Waals surface area contributed by atoms with Gasteiger partial charge < -0.3 is 10.1 Å². The molecular weight excluding hydrogens is 309 g/mol. The lowest BCUT2D eigenvalue weighted by atomic mass is 10.2. The number of nitrogens with one attached hydrogen (secondary N) is 1. The van der Waals surface area contributed by atoms with Crippen molar-refractivity contribution in [1.82, 2.24) is 5.32 Å². The topological polar surface area (TPSA) is 55.4 Å². The minimum absolute atomic E-state index is 0.000196. The predicted octanol–water partition coefficient (Wildman–Crippen LogP) is 1.66. The monoisotopic (exact) mass is 327 g/mol. The number of hydrogen-bond donors (Lipinski definition) is 1. The van der Waals surface area contributed by atoms with E-state index in [1.807, 2.05) is 43.4 Å². The third kappa shape index (κ3) is 9.96. The molecule has 0 saturated carbocycles. The number of amides is 1. The first-order chi connectivity index (χ1) is 6.85. The molecule has 0 aromatic rings. The van der Waals surface area contributed by atoms with Crippen LogP contribution in [0.15, 0.2) is 0 Å². The van der Waals surface area contributed by atoms with E-state index in [9.17, 15) is 9.59 Å². The number of hydrogen-bond acceptors (Lipinski definition) is 3. The van der Waals surface area contributed by atoms with Crippen LogP contribution < -0.4 is 5.32 Å². The summed E-state index contributed by atoms with van der Waals surface area (Å²) in [4.78, 5) is 22.1. The summed E-state index contributed by atoms with van der Waals surface area (Å²) >= 11 is 1.99. The van der Waals surface area contributed by atoms with Crippen LogP contribution in [0.5, 0.6) is 0 Å². The van der Waals surface area contributed by atoms with E-state index in [2.05, 4.69) is 5.32 Å². The molecule has 0 radical (unpaired) electrons. The van der Waals surface area contributed by atoms with E-state index < -0.39 is 5.60 Å². The zero-order chi connectivity index (χ0) is 11.9. The summed E-state index contributed by atoms with van der Waals surface area (Å²) in [5.41, 5.74) is -0.428. The average Bonchev–Trinajstić information content (AvgIpc) is 2.09. The Kier molecular flexibility index (Phi) is 6.87. The molecule has 0 aliphatic carbocycles. The van der Waals surface area contributed by atoms with Crippen LogP contribution >= 0.6 is 22.6 Å². The molecule has 0 rings (SSSR count). The maximum atomic E-state index is 11.2. The van der Waals surface area contributed by atoms with Gasteiger partial charge in [-0.1, -0.05) is 22.6 Å². The molecule has 1 amide bonds. The number of alkyl halides is 1. The van der Waals surface area contributed by atoms with Gasteiger partial charge in [0.15, 0.2) is 0 Å². The summed E-state index contributed by atoms with van der Waals surface area (Å²) in [6.07, 6.45) is 0.968. The van der Waals surface area contributed by atoms with E-state index >= 15 is 0 Å². The highest BCUT2D eigenvalue weighted by atomic mass is 127. The van der Waals surface area contributed by atoms with Gasteiger partial charge in [0.05, 0.1) is 4.43 Å². The van der Waals surface area contributed by atoms with Gasteiger partial charge in [0.25, 0.3) is 0 Å². The number of halogens is 1. The molecule has 0 saturated heterocycles. The molecule has 5 heteroatoms. The van der Waals surface area contributed by atoms with Crippen molar-refractivity contribution < 1.29 is 14.3 Å². The Morgan fingerprint density at radius 2 is 1.93 bits per heavy atom. The molecule has 0 atom stereocenters. The van der Waals surface area contributed by atoms with Crippen molar-refractivity contribution in [3.8, 4) is 0 Å². The average molecular weight is 327 g/mol. The molecule has 0 heterocycles. The first-order valence-corrected chi connectivity index (χ1v) is 6.42. The highest BCUT2D eigenvalue weighted by molar-refractivity contribution is 14.1. The van der Waals surface area contributed by atoms with Gasteiger partial charge in [-0.3, -0.25) is 9.59 Å². The molecule has 0 unspecified atom stereocenters. The molecule has 15 heavy (non-hydrogen) atoms. The summed E-state index contributed by atoms with van der Waals surface area (Å²) in [5.74, 6) is -0.217. The maximum Gasteiger partial charge on any atom is 0.306 e. The van der Waals surface area contributed by atoms with Crippen LogP contribution in [0.1, 0.15) is 33.6 Å². The molecule has 0 aromatic heterocycles. The Labute approximate surface area is 104 Å². The van der Waals surface area contributed by atoms with Gasteiger partial charge in [0, 0.05) is 13.0 Å². The predicted molar refractivity (Wildman–Crippen MR) is 67.0 cm³/mol. The summed E-state index contributed by atoms with van der Waals surface area (Å²) in [6, 6.07) is 0. The minimum Gasteiger partial charge on any atom is -0.460 e. The van der Waals surface area contributed by atoms with Gasteiger partial charge in [-0.2, -0.15) is 0 Å². The number of rotatable bonds is 5. The van der Waals surface area contributed by atoms with E-state index in [0.717, 1.165) is 0 Å². The van der Waals surface area contributed by atoms with E-state index in [1.54, 1.807) is 0 Å². The molecular formula is C10H18INO3. The van der Waals surface area contributed by atoms with Gasteiger partial charge in [0.2, 0.25) is 5.91 Å². The molecule has 88 valence electrons. The molecule has 0 spiro atoms. The van der Waals surface area contributed by atoms with Crippen molar-refractivity contribution in [1.29, 1.82) is 0 Å². The van der Waals surface area contributed by atoms with Crippen molar-refractivity contribution in [3.05, 3.63) is 0 Å². The molecule has 0 aromatic carbocycles. The Balaban J connectivity index is 3.52. The van der Waals surface area contributed by atoms with Gasteiger partial charge in [-0.15, -0.1) is 0 Å². The quantitative estimate of drug-likeness (QED) is 0.362.